The second-order valence-electron chi connectivity index (χ2n) is 12.6. The zero-order chi connectivity index (χ0) is 33.8. The molecule has 8 heteroatoms. The maximum Gasteiger partial charge on any atom is -0.151 e. The van der Waals surface area contributed by atoms with E-state index >= 15 is 0 Å². The monoisotopic (exact) mass is 810 g/mol. The molecular weight excluding hydrogens is 740 g/mol. The van der Waals surface area contributed by atoms with Gasteiger partial charge >= 0.3 is 283 Å². The van der Waals surface area contributed by atoms with Crippen molar-refractivity contribution in [3.8, 4) is 0 Å². The van der Waals surface area contributed by atoms with Crippen molar-refractivity contribution in [2.75, 3.05) is 0 Å². The van der Waals surface area contributed by atoms with Crippen LogP contribution in [0.15, 0.2) is 0 Å². The second-order valence-corrected chi connectivity index (χ2v) is 19.2. The van der Waals surface area contributed by atoms with E-state index in [9.17, 15) is 0 Å². The molecule has 44 heavy (non-hydrogen) atoms. The van der Waals surface area contributed by atoms with Gasteiger partial charge in [-0.2, -0.15) is 11.8 Å². The fourth-order valence-corrected chi connectivity index (χ4v) is 7.22. The van der Waals surface area contributed by atoms with Crippen LogP contribution in [0.5, 0.6) is 0 Å². The Morgan fingerprint density at radius 3 is 0.545 bits per heavy atom. The molecule has 0 aliphatic heterocycles. The smallest absolute Gasteiger partial charge is 0.151 e. The van der Waals surface area contributed by atoms with E-state index < -0.39 is 6.72 Å². The first-order valence-corrected chi connectivity index (χ1v) is 28.2. The van der Waals surface area contributed by atoms with Crippen LogP contribution in [0.2, 0.25) is 15.0 Å². The summed E-state index contributed by atoms with van der Waals surface area (Å²) in [6, 6.07) is 0. The molecular formula is C36H75O3PSZn3. The molecule has 0 aromatic heterocycles. The molecule has 0 fully saturated rings. The van der Waals surface area contributed by atoms with E-state index in [4.69, 9.17) is 14.7 Å². The molecule has 0 saturated carbocycles. The third kappa shape index (κ3) is 79.7. The molecule has 0 heterocycles. The van der Waals surface area contributed by atoms with Crippen LogP contribution < -0.4 is 14.7 Å². The van der Waals surface area contributed by atoms with Crippen molar-refractivity contribution in [3.05, 3.63) is 0 Å². The van der Waals surface area contributed by atoms with Gasteiger partial charge in [0.2, 0.25) is 0 Å². The number of rotatable bonds is 30. The molecule has 0 bridgehead atoms. The quantitative estimate of drug-likeness (QED) is 0.0411. The molecule has 0 amide bonds. The average Bonchev–Trinajstić information content (AvgIpc) is 2.98. The minimum Gasteiger partial charge on any atom is -0.844 e. The standard InChI is InChI=1S/3C12H25.H3O3PS.3Zn/c3*1-3-5-7-9-11-12-10-8-6-4-2;1-4(2,3)5;;;/h3*1,3-12H2,2H3;(H3,1,2,3,5);;;/q;;;;3*+1/p-3. The van der Waals surface area contributed by atoms with Crippen molar-refractivity contribution in [3.63, 3.8) is 0 Å². The van der Waals surface area contributed by atoms with Crippen LogP contribution in [0, 0.1) is 0 Å². The van der Waals surface area contributed by atoms with Crippen molar-refractivity contribution in [2.24, 2.45) is 0 Å². The summed E-state index contributed by atoms with van der Waals surface area (Å²) < 4.78 is 0. The minimum absolute atomic E-state index is 1.38. The zero-order valence-electron chi connectivity index (χ0n) is 30.5. The van der Waals surface area contributed by atoms with Gasteiger partial charge in [0.05, 0.1) is 0 Å². The zero-order valence-corrected chi connectivity index (χ0v) is 41.1. The predicted molar refractivity (Wildman–Crippen MR) is 184 cm³/mol. The van der Waals surface area contributed by atoms with Gasteiger partial charge in [-0.3, -0.25) is 0 Å². The first-order valence-electron chi connectivity index (χ1n) is 19.4. The molecule has 3 nitrogen and oxygen atoms in total. The number of unbranched alkanes of at least 4 members (excludes halogenated alkanes) is 27. The maximum absolute atomic E-state index is 8.92. The fraction of sp³-hybridized carbons (Fsp3) is 1.00. The molecule has 0 aromatic rings. The number of hydrogen-bond donors (Lipinski definition) is 0. The average molecular weight is 815 g/mol. The molecule has 0 atom stereocenters. The summed E-state index contributed by atoms with van der Waals surface area (Å²) in [6.07, 6.45) is 44.2. The molecule has 0 aromatic carbocycles. The van der Waals surface area contributed by atoms with Gasteiger partial charge in [-0.1, -0.05) is 0 Å². The summed E-state index contributed by atoms with van der Waals surface area (Å²) in [4.78, 5) is 26.8. The summed E-state index contributed by atoms with van der Waals surface area (Å²) in [5, 5.41) is 4.49. The summed E-state index contributed by atoms with van der Waals surface area (Å²) >= 11 is 7.76. The molecule has 0 aliphatic rings. The Hall–Kier alpha value is 2.40. The molecule has 0 aliphatic carbocycles. The molecule has 254 valence electrons. The Labute approximate surface area is 314 Å². The molecule has 0 radical (unpaired) electrons. The van der Waals surface area contributed by atoms with Crippen LogP contribution in [0.1, 0.15) is 213 Å². The van der Waals surface area contributed by atoms with Gasteiger partial charge in [-0.05, 0) is 0 Å². The van der Waals surface area contributed by atoms with Crippen molar-refractivity contribution in [1.29, 1.82) is 0 Å². The van der Waals surface area contributed by atoms with Crippen molar-refractivity contribution < 1.29 is 69.6 Å². The maximum atomic E-state index is 8.92. The predicted octanol–water partition coefficient (Wildman–Crippen LogP) is 11.9. The van der Waals surface area contributed by atoms with Crippen molar-refractivity contribution in [1.82, 2.24) is 0 Å². The molecule has 0 N–H and O–H groups in total. The van der Waals surface area contributed by atoms with Crippen LogP contribution >= 0.6 is 6.72 Å². The normalized spacial score (nSPS) is 10.8. The van der Waals surface area contributed by atoms with Gasteiger partial charge in [0, 0.05) is 0 Å². The topological polar surface area (TPSA) is 69.2 Å². The van der Waals surface area contributed by atoms with Crippen molar-refractivity contribution >= 4 is 18.5 Å². The van der Waals surface area contributed by atoms with Crippen LogP contribution in [0.4, 0.5) is 0 Å². The largest absolute Gasteiger partial charge is 0.844 e. The summed E-state index contributed by atoms with van der Waals surface area (Å²) in [6.45, 7) is 2.30. The molecule has 0 spiro atoms. The first-order chi connectivity index (χ1) is 21.2. The van der Waals surface area contributed by atoms with Gasteiger partial charge in [0.25, 0.3) is 0 Å². The van der Waals surface area contributed by atoms with E-state index in [2.05, 4.69) is 32.6 Å². The molecule has 0 rings (SSSR count). The summed E-state index contributed by atoms with van der Waals surface area (Å²) in [5.41, 5.74) is 0. The van der Waals surface area contributed by atoms with Crippen LogP contribution in [0.25, 0.3) is 0 Å². The van der Waals surface area contributed by atoms with Gasteiger partial charge in [0.15, 0.2) is 0 Å². The van der Waals surface area contributed by atoms with Crippen LogP contribution in [-0.4, -0.2) is 0 Å². The summed E-state index contributed by atoms with van der Waals surface area (Å²) in [5.74, 6) is 0. The molecule has 0 unspecified atom stereocenters. The van der Waals surface area contributed by atoms with Crippen molar-refractivity contribution in [2.45, 2.75) is 228 Å². The molecule has 0 saturated heterocycles. The van der Waals surface area contributed by atoms with E-state index in [-0.39, 0.29) is 0 Å². The Kier molecular flexibility index (Phi) is 63.1. The Morgan fingerprint density at radius 2 is 0.432 bits per heavy atom. The van der Waals surface area contributed by atoms with E-state index in [0.717, 1.165) is 0 Å². The van der Waals surface area contributed by atoms with Gasteiger partial charge in [0.1, 0.15) is 0 Å². The third-order valence-electron chi connectivity index (χ3n) is 7.81. The minimum atomic E-state index is -4.56. The fourth-order valence-electron chi connectivity index (χ4n) is 4.99. The Morgan fingerprint density at radius 1 is 0.318 bits per heavy atom. The Balaban J connectivity index is -0.000000253. The van der Waals surface area contributed by atoms with Crippen LogP contribution in [0.3, 0.4) is 0 Å². The van der Waals surface area contributed by atoms with E-state index in [1.165, 1.54) is 263 Å². The van der Waals surface area contributed by atoms with E-state index in [1.54, 1.807) is 0 Å². The third-order valence-corrected chi connectivity index (χ3v) is 11.0. The van der Waals surface area contributed by atoms with Gasteiger partial charge in [-0.15, -0.1) is 0 Å². The van der Waals surface area contributed by atoms with Gasteiger partial charge in [-0.25, -0.2) is 0 Å². The SMILES string of the molecule is CCCCCCCCCCC[CH2][Zn+].CCCCCCCCCCC[CH2][Zn+].CCCCCCCCCCC[CH2][Zn+].[O-]P([O-])([O-])=S. The van der Waals surface area contributed by atoms with Crippen LogP contribution in [-0.2, 0) is 66.7 Å². The van der Waals surface area contributed by atoms with E-state index in [1.807, 2.05) is 0 Å². The van der Waals surface area contributed by atoms with Gasteiger partial charge < -0.3 is 21.4 Å². The second kappa shape index (κ2) is 52.2. The Bertz CT molecular complexity index is 409. The first kappa shape index (κ1) is 53.2. The summed E-state index contributed by atoms with van der Waals surface area (Å²) in [7, 11) is 0. The number of hydrogen-bond acceptors (Lipinski definition) is 4. The van der Waals surface area contributed by atoms with E-state index in [0.29, 0.717) is 0 Å².